The molecule has 1 saturated heterocycles. The van der Waals surface area contributed by atoms with Gasteiger partial charge in [0.15, 0.2) is 0 Å². The van der Waals surface area contributed by atoms with Crippen molar-refractivity contribution < 1.29 is 4.74 Å². The monoisotopic (exact) mass is 282 g/mol. The van der Waals surface area contributed by atoms with Crippen molar-refractivity contribution in [3.63, 3.8) is 0 Å². The van der Waals surface area contributed by atoms with Crippen molar-refractivity contribution in [3.8, 4) is 0 Å². The number of anilines is 1. The highest BCUT2D eigenvalue weighted by atomic mass is 32.2. The molecule has 1 atom stereocenters. The maximum absolute atomic E-state index is 5.87. The lowest BCUT2D eigenvalue weighted by Crippen LogP contribution is -2.22. The second kappa shape index (κ2) is 6.41. The fourth-order valence-corrected chi connectivity index (χ4v) is 3.18. The molecule has 1 heterocycles. The van der Waals surface area contributed by atoms with Crippen molar-refractivity contribution in [3.05, 3.63) is 23.8 Å². The van der Waals surface area contributed by atoms with E-state index in [1.54, 1.807) is 11.8 Å². The molecule has 1 aromatic rings. The summed E-state index contributed by atoms with van der Waals surface area (Å²) in [6.45, 7) is 3.70. The van der Waals surface area contributed by atoms with Crippen LogP contribution in [0.2, 0.25) is 0 Å². The highest BCUT2D eigenvalue weighted by molar-refractivity contribution is 7.99. The molecule has 1 unspecified atom stereocenters. The van der Waals surface area contributed by atoms with E-state index in [2.05, 4.69) is 18.3 Å². The van der Waals surface area contributed by atoms with Crippen molar-refractivity contribution in [1.82, 2.24) is 0 Å². The summed E-state index contributed by atoms with van der Waals surface area (Å²) in [7, 11) is 0. The molecule has 1 fully saturated rings. The molecule has 2 rings (SSSR count). The lowest BCUT2D eigenvalue weighted by Gasteiger charge is -2.18. The molecule has 1 aliphatic rings. The third kappa shape index (κ3) is 3.16. The van der Waals surface area contributed by atoms with Crippen LogP contribution in [-0.4, -0.2) is 30.0 Å². The van der Waals surface area contributed by atoms with E-state index in [1.165, 1.54) is 0 Å². The van der Waals surface area contributed by atoms with Gasteiger partial charge in [0.25, 0.3) is 0 Å². The van der Waals surface area contributed by atoms with Gasteiger partial charge in [-0.05, 0) is 24.3 Å². The summed E-state index contributed by atoms with van der Waals surface area (Å²) in [4.78, 5) is 1.60. The predicted octanol–water partition coefficient (Wildman–Crippen LogP) is 2.63. The first kappa shape index (κ1) is 13.6. The van der Waals surface area contributed by atoms with E-state index in [4.69, 9.17) is 22.7 Å². The van der Waals surface area contributed by atoms with E-state index in [9.17, 15) is 0 Å². The van der Waals surface area contributed by atoms with Gasteiger partial charge in [0, 0.05) is 22.8 Å². The second-order valence-electron chi connectivity index (χ2n) is 4.18. The number of nitrogens with one attached hydrogen (secondary N) is 1. The number of rotatable bonds is 5. The zero-order valence-corrected chi connectivity index (χ0v) is 12.1. The molecular formula is C13H18N2OS2. The van der Waals surface area contributed by atoms with Gasteiger partial charge in [0.1, 0.15) is 4.99 Å². The van der Waals surface area contributed by atoms with Gasteiger partial charge in [0.05, 0.1) is 12.6 Å². The number of hydrogen-bond acceptors (Lipinski definition) is 4. The van der Waals surface area contributed by atoms with Crippen molar-refractivity contribution in [2.45, 2.75) is 24.3 Å². The molecule has 5 heteroatoms. The topological polar surface area (TPSA) is 47.3 Å². The molecule has 3 N–H and O–H groups in total. The van der Waals surface area contributed by atoms with Crippen LogP contribution in [0.1, 0.15) is 18.9 Å². The SMILES string of the molecule is CCSc1cccc(NC2CCOC2)c1C(N)=S. The number of thioether (sulfide) groups is 1. The van der Waals surface area contributed by atoms with Crippen LogP contribution in [0.4, 0.5) is 5.69 Å². The Hall–Kier alpha value is -0.780. The molecule has 18 heavy (non-hydrogen) atoms. The Morgan fingerprint density at radius 1 is 1.61 bits per heavy atom. The van der Waals surface area contributed by atoms with E-state index in [0.29, 0.717) is 11.0 Å². The van der Waals surface area contributed by atoms with E-state index in [-0.39, 0.29) is 0 Å². The quantitative estimate of drug-likeness (QED) is 0.642. The van der Waals surface area contributed by atoms with Crippen LogP contribution in [0.5, 0.6) is 0 Å². The molecule has 0 aliphatic carbocycles. The van der Waals surface area contributed by atoms with Crippen LogP contribution < -0.4 is 11.1 Å². The maximum Gasteiger partial charge on any atom is 0.107 e. The lowest BCUT2D eigenvalue weighted by molar-refractivity contribution is 0.195. The highest BCUT2D eigenvalue weighted by Gasteiger charge is 2.18. The van der Waals surface area contributed by atoms with Crippen molar-refractivity contribution in [1.29, 1.82) is 0 Å². The number of nitrogens with two attached hydrogens (primary N) is 1. The van der Waals surface area contributed by atoms with E-state index < -0.39 is 0 Å². The Morgan fingerprint density at radius 2 is 2.44 bits per heavy atom. The third-order valence-corrected chi connectivity index (χ3v) is 4.01. The lowest BCUT2D eigenvalue weighted by atomic mass is 10.1. The van der Waals surface area contributed by atoms with E-state index >= 15 is 0 Å². The zero-order chi connectivity index (χ0) is 13.0. The normalized spacial score (nSPS) is 18.8. The van der Waals surface area contributed by atoms with Gasteiger partial charge in [-0.1, -0.05) is 25.2 Å². The van der Waals surface area contributed by atoms with Crippen molar-refractivity contribution in [2.24, 2.45) is 5.73 Å². The summed E-state index contributed by atoms with van der Waals surface area (Å²) >= 11 is 6.95. The number of benzene rings is 1. The molecule has 0 aromatic heterocycles. The molecular weight excluding hydrogens is 264 g/mol. The minimum Gasteiger partial charge on any atom is -0.389 e. The molecule has 0 radical (unpaired) electrons. The second-order valence-corrected chi connectivity index (χ2v) is 5.93. The van der Waals surface area contributed by atoms with Gasteiger partial charge in [-0.15, -0.1) is 11.8 Å². The van der Waals surface area contributed by atoms with Crippen LogP contribution in [0.3, 0.4) is 0 Å². The first-order chi connectivity index (χ1) is 8.72. The number of thiocarbonyl (C=S) groups is 1. The molecule has 0 spiro atoms. The Bertz CT molecular complexity index is 431. The van der Waals surface area contributed by atoms with Crippen LogP contribution >= 0.6 is 24.0 Å². The molecule has 1 aliphatic heterocycles. The van der Waals surface area contributed by atoms with E-state index in [0.717, 1.165) is 41.5 Å². The van der Waals surface area contributed by atoms with Gasteiger partial charge in [0.2, 0.25) is 0 Å². The minimum atomic E-state index is 0.361. The molecule has 1 aromatic carbocycles. The summed E-state index contributed by atoms with van der Waals surface area (Å²) in [6, 6.07) is 6.50. The molecule has 0 bridgehead atoms. The number of ether oxygens (including phenoxy) is 1. The highest BCUT2D eigenvalue weighted by Crippen LogP contribution is 2.29. The summed E-state index contributed by atoms with van der Waals surface area (Å²) in [5.74, 6) is 1.01. The molecule has 3 nitrogen and oxygen atoms in total. The average molecular weight is 282 g/mol. The summed E-state index contributed by atoms with van der Waals surface area (Å²) in [5, 5.41) is 3.48. The van der Waals surface area contributed by atoms with Crippen molar-refractivity contribution in [2.75, 3.05) is 24.3 Å². The van der Waals surface area contributed by atoms with Crippen LogP contribution in [0.15, 0.2) is 23.1 Å². The summed E-state index contributed by atoms with van der Waals surface area (Å²) < 4.78 is 5.38. The Morgan fingerprint density at radius 3 is 3.06 bits per heavy atom. The Labute approximate surface area is 117 Å². The fourth-order valence-electron chi connectivity index (χ4n) is 2.05. The van der Waals surface area contributed by atoms with Crippen LogP contribution in [-0.2, 0) is 4.74 Å². The largest absolute Gasteiger partial charge is 0.389 e. The maximum atomic E-state index is 5.87. The molecule has 0 saturated carbocycles. The summed E-state index contributed by atoms with van der Waals surface area (Å²) in [5.41, 5.74) is 7.86. The van der Waals surface area contributed by atoms with Crippen LogP contribution in [0, 0.1) is 0 Å². The average Bonchev–Trinajstić information content (AvgIpc) is 2.82. The zero-order valence-electron chi connectivity index (χ0n) is 10.4. The standard InChI is InChI=1S/C13H18N2OS2/c1-2-18-11-5-3-4-10(12(11)13(14)17)15-9-6-7-16-8-9/h3-5,9,15H,2,6-8H2,1H3,(H2,14,17). The smallest absolute Gasteiger partial charge is 0.107 e. The van der Waals surface area contributed by atoms with Gasteiger partial charge in [-0.2, -0.15) is 0 Å². The van der Waals surface area contributed by atoms with Crippen molar-refractivity contribution >= 4 is 34.7 Å². The third-order valence-electron chi connectivity index (χ3n) is 2.86. The summed E-state index contributed by atoms with van der Waals surface area (Å²) in [6.07, 6.45) is 1.03. The molecule has 98 valence electrons. The molecule has 0 amide bonds. The first-order valence-corrected chi connectivity index (χ1v) is 7.51. The van der Waals surface area contributed by atoms with Gasteiger partial charge >= 0.3 is 0 Å². The Kier molecular flexibility index (Phi) is 4.86. The Balaban J connectivity index is 2.26. The predicted molar refractivity (Wildman–Crippen MR) is 81.6 cm³/mol. The van der Waals surface area contributed by atoms with Gasteiger partial charge in [-0.3, -0.25) is 0 Å². The fraction of sp³-hybridized carbons (Fsp3) is 0.462. The van der Waals surface area contributed by atoms with Gasteiger partial charge in [-0.25, -0.2) is 0 Å². The number of hydrogen-bond donors (Lipinski definition) is 2. The van der Waals surface area contributed by atoms with Gasteiger partial charge < -0.3 is 15.8 Å². The minimum absolute atomic E-state index is 0.361. The van der Waals surface area contributed by atoms with Crippen LogP contribution in [0.25, 0.3) is 0 Å². The van der Waals surface area contributed by atoms with E-state index in [1.807, 2.05) is 12.1 Å². The first-order valence-electron chi connectivity index (χ1n) is 6.12.